The van der Waals surface area contributed by atoms with Crippen LogP contribution in [0.2, 0.25) is 0 Å². The minimum atomic E-state index is 0.667. The molecule has 0 radical (unpaired) electrons. The van der Waals surface area contributed by atoms with Crippen molar-refractivity contribution in [2.45, 2.75) is 0 Å². The van der Waals surface area contributed by atoms with Crippen molar-refractivity contribution in [3.8, 4) is 0 Å². The third kappa shape index (κ3) is 2.13. The highest BCUT2D eigenvalue weighted by Crippen LogP contribution is 2.06. The number of hydrogen-bond donors (Lipinski definition) is 1. The van der Waals surface area contributed by atoms with Gasteiger partial charge in [-0.05, 0) is 24.3 Å². The molecule has 0 bridgehead atoms. The molecule has 2 nitrogen and oxygen atoms in total. The first-order valence-electron chi connectivity index (χ1n) is 3.12. The second kappa shape index (κ2) is 3.83. The van der Waals surface area contributed by atoms with Crippen LogP contribution < -0.4 is 5.32 Å². The Balaban J connectivity index is 2.81. The minimum Gasteiger partial charge on any atom is -0.353 e. The van der Waals surface area contributed by atoms with Crippen LogP contribution in [0, 0.1) is 0 Å². The van der Waals surface area contributed by atoms with Crippen LogP contribution in [0.5, 0.6) is 0 Å². The summed E-state index contributed by atoms with van der Waals surface area (Å²) in [4.78, 5) is 10.2. The summed E-state index contributed by atoms with van der Waals surface area (Å²) in [5.74, 6) is 0. The van der Waals surface area contributed by atoms with E-state index in [1.807, 2.05) is 0 Å². The third-order valence-corrected chi connectivity index (χ3v) is 1.39. The van der Waals surface area contributed by atoms with Gasteiger partial charge in [-0.25, -0.2) is 0 Å². The number of benzene rings is 1. The lowest BCUT2D eigenvalue weighted by Gasteiger charge is -1.97. The Morgan fingerprint density at radius 1 is 1.27 bits per heavy atom. The van der Waals surface area contributed by atoms with Gasteiger partial charge in [0.15, 0.2) is 0 Å². The lowest BCUT2D eigenvalue weighted by molar-refractivity contribution is 0.112. The average molecular weight is 165 g/mol. The highest BCUT2D eigenvalue weighted by Gasteiger charge is 1.89. The number of thiocarbonyl (C=S) groups is 1. The number of carbonyl (C=O) groups excluding carboxylic acids is 1. The Morgan fingerprint density at radius 3 is 2.36 bits per heavy atom. The molecule has 0 atom stereocenters. The molecule has 0 saturated heterocycles. The summed E-state index contributed by atoms with van der Waals surface area (Å²) in [7, 11) is 0. The lowest BCUT2D eigenvalue weighted by Crippen LogP contribution is -1.91. The maximum atomic E-state index is 10.2. The van der Waals surface area contributed by atoms with Gasteiger partial charge in [-0.1, -0.05) is 12.2 Å². The molecule has 1 N–H and O–H groups in total. The molecule has 0 saturated carbocycles. The van der Waals surface area contributed by atoms with E-state index < -0.39 is 0 Å². The Hall–Kier alpha value is -1.22. The van der Waals surface area contributed by atoms with E-state index in [0.29, 0.717) is 5.56 Å². The van der Waals surface area contributed by atoms with Gasteiger partial charge in [0.25, 0.3) is 0 Å². The van der Waals surface area contributed by atoms with Crippen LogP contribution in [0.4, 0.5) is 5.69 Å². The number of hydrogen-bond acceptors (Lipinski definition) is 2. The molecule has 0 heterocycles. The molecule has 0 aliphatic rings. The smallest absolute Gasteiger partial charge is 0.150 e. The number of nitrogens with one attached hydrogen (secondary N) is 1. The first-order chi connectivity index (χ1) is 5.36. The normalized spacial score (nSPS) is 8.73. The molecular formula is C8H7NOS. The van der Waals surface area contributed by atoms with Crippen molar-refractivity contribution in [1.82, 2.24) is 0 Å². The Morgan fingerprint density at radius 2 is 1.91 bits per heavy atom. The van der Waals surface area contributed by atoms with E-state index >= 15 is 0 Å². The molecule has 11 heavy (non-hydrogen) atoms. The fourth-order valence-corrected chi connectivity index (χ4v) is 0.862. The summed E-state index contributed by atoms with van der Waals surface area (Å²) >= 11 is 4.59. The number of carbonyl (C=O) groups is 1. The van der Waals surface area contributed by atoms with Gasteiger partial charge in [0.2, 0.25) is 0 Å². The van der Waals surface area contributed by atoms with Gasteiger partial charge < -0.3 is 5.32 Å². The van der Waals surface area contributed by atoms with Crippen LogP contribution in [-0.2, 0) is 0 Å². The predicted octanol–water partition coefficient (Wildman–Crippen LogP) is 1.87. The molecule has 0 aliphatic heterocycles. The second-order valence-corrected chi connectivity index (χ2v) is 2.24. The first kappa shape index (κ1) is 7.88. The molecule has 0 aliphatic carbocycles. The lowest BCUT2D eigenvalue weighted by atomic mass is 10.2. The van der Waals surface area contributed by atoms with Gasteiger partial charge in [0.1, 0.15) is 6.29 Å². The summed E-state index contributed by atoms with van der Waals surface area (Å²) in [5.41, 5.74) is 2.99. The molecule has 0 unspecified atom stereocenters. The fourth-order valence-electron chi connectivity index (χ4n) is 0.726. The van der Waals surface area contributed by atoms with Crippen molar-refractivity contribution < 1.29 is 4.79 Å². The third-order valence-electron chi connectivity index (χ3n) is 1.27. The zero-order chi connectivity index (χ0) is 8.10. The Kier molecular flexibility index (Phi) is 2.74. The molecule has 0 amide bonds. The predicted molar refractivity (Wildman–Crippen MR) is 49.1 cm³/mol. The topological polar surface area (TPSA) is 29.1 Å². The zero-order valence-corrected chi connectivity index (χ0v) is 6.60. The molecule has 1 aromatic carbocycles. The molecular weight excluding hydrogens is 158 g/mol. The zero-order valence-electron chi connectivity index (χ0n) is 5.78. The minimum absolute atomic E-state index is 0.667. The maximum absolute atomic E-state index is 10.2. The molecule has 0 aromatic heterocycles. The standard InChI is InChI=1S/C8H7NOS/c10-5-7-1-3-8(4-2-7)9-6-11/h1-6H,(H,9,11). The summed E-state index contributed by atoms with van der Waals surface area (Å²) < 4.78 is 0. The summed E-state index contributed by atoms with van der Waals surface area (Å²) in [6, 6.07) is 7.06. The van der Waals surface area contributed by atoms with E-state index in [4.69, 9.17) is 0 Å². The van der Waals surface area contributed by atoms with Crippen molar-refractivity contribution in [2.24, 2.45) is 0 Å². The average Bonchev–Trinajstić information content (AvgIpc) is 2.07. The highest BCUT2D eigenvalue weighted by molar-refractivity contribution is 7.79. The van der Waals surface area contributed by atoms with Gasteiger partial charge in [0, 0.05) is 11.3 Å². The summed E-state index contributed by atoms with van der Waals surface area (Å²) in [6.07, 6.45) is 0.807. The largest absolute Gasteiger partial charge is 0.353 e. The van der Waals surface area contributed by atoms with E-state index in [9.17, 15) is 4.79 Å². The Labute approximate surface area is 70.2 Å². The highest BCUT2D eigenvalue weighted by atomic mass is 32.1. The summed E-state index contributed by atoms with van der Waals surface area (Å²) in [5, 5.41) is 2.83. The van der Waals surface area contributed by atoms with Crippen molar-refractivity contribution in [3.05, 3.63) is 29.8 Å². The number of rotatable bonds is 3. The van der Waals surface area contributed by atoms with Gasteiger partial charge >= 0.3 is 0 Å². The van der Waals surface area contributed by atoms with E-state index in [0.717, 1.165) is 12.0 Å². The summed E-state index contributed by atoms with van der Waals surface area (Å²) in [6.45, 7) is 0. The molecule has 3 heteroatoms. The van der Waals surface area contributed by atoms with E-state index in [1.54, 1.807) is 24.3 Å². The van der Waals surface area contributed by atoms with Gasteiger partial charge in [-0.3, -0.25) is 4.79 Å². The van der Waals surface area contributed by atoms with Crippen LogP contribution in [0.3, 0.4) is 0 Å². The van der Waals surface area contributed by atoms with Crippen molar-refractivity contribution in [2.75, 3.05) is 5.32 Å². The number of aldehydes is 1. The van der Waals surface area contributed by atoms with Crippen LogP contribution in [0.15, 0.2) is 24.3 Å². The molecule has 56 valence electrons. The molecule has 1 rings (SSSR count). The van der Waals surface area contributed by atoms with Gasteiger partial charge in [-0.2, -0.15) is 0 Å². The van der Waals surface area contributed by atoms with Crippen molar-refractivity contribution >= 4 is 29.7 Å². The van der Waals surface area contributed by atoms with Crippen LogP contribution in [-0.4, -0.2) is 11.8 Å². The van der Waals surface area contributed by atoms with Gasteiger partial charge in [-0.15, -0.1) is 0 Å². The van der Waals surface area contributed by atoms with Gasteiger partial charge in [0.05, 0.1) is 5.49 Å². The van der Waals surface area contributed by atoms with Crippen molar-refractivity contribution in [3.63, 3.8) is 0 Å². The monoisotopic (exact) mass is 165 g/mol. The van der Waals surface area contributed by atoms with Crippen molar-refractivity contribution in [1.29, 1.82) is 0 Å². The Bertz CT molecular complexity index is 255. The molecule has 0 fully saturated rings. The fraction of sp³-hybridized carbons (Fsp3) is 0. The van der Waals surface area contributed by atoms with Crippen LogP contribution in [0.25, 0.3) is 0 Å². The van der Waals surface area contributed by atoms with Crippen LogP contribution in [0.1, 0.15) is 10.4 Å². The van der Waals surface area contributed by atoms with Crippen LogP contribution >= 0.6 is 12.2 Å². The number of anilines is 1. The SMILES string of the molecule is O=Cc1ccc(NC=S)cc1. The first-order valence-corrected chi connectivity index (χ1v) is 3.59. The second-order valence-electron chi connectivity index (χ2n) is 2.00. The molecule has 0 spiro atoms. The van der Waals surface area contributed by atoms with E-state index in [2.05, 4.69) is 17.5 Å². The van der Waals surface area contributed by atoms with E-state index in [1.165, 1.54) is 5.49 Å². The van der Waals surface area contributed by atoms with E-state index in [-0.39, 0.29) is 0 Å². The molecule has 1 aromatic rings. The maximum Gasteiger partial charge on any atom is 0.150 e. The quantitative estimate of drug-likeness (QED) is 0.547.